The van der Waals surface area contributed by atoms with Crippen LogP contribution in [0.5, 0.6) is 0 Å². The topological polar surface area (TPSA) is 90.5 Å². The molecule has 1 atom stereocenters. The second-order valence-corrected chi connectivity index (χ2v) is 6.59. The number of nitrogens with zero attached hydrogens (tertiary/aromatic N) is 1. The maximum absolute atomic E-state index is 12.2. The molecule has 0 bridgehead atoms. The minimum atomic E-state index is -0.700. The monoisotopic (exact) mass is 368 g/mol. The highest BCUT2D eigenvalue weighted by Crippen LogP contribution is 2.18. The van der Waals surface area contributed by atoms with Crippen molar-refractivity contribution in [3.63, 3.8) is 0 Å². The van der Waals surface area contributed by atoms with E-state index in [4.69, 9.17) is 20.8 Å². The summed E-state index contributed by atoms with van der Waals surface area (Å²) in [5, 5.41) is 3.12. The van der Waals surface area contributed by atoms with Gasteiger partial charge in [-0.15, -0.1) is 0 Å². The van der Waals surface area contributed by atoms with Gasteiger partial charge in [-0.2, -0.15) is 0 Å². The van der Waals surface area contributed by atoms with Gasteiger partial charge in [-0.3, -0.25) is 9.36 Å². The van der Waals surface area contributed by atoms with Gasteiger partial charge in [-0.25, -0.2) is 9.59 Å². The van der Waals surface area contributed by atoms with Crippen molar-refractivity contribution in [2.45, 2.75) is 39.3 Å². The molecule has 7 nitrogen and oxygen atoms in total. The molecule has 0 aliphatic rings. The summed E-state index contributed by atoms with van der Waals surface area (Å²) in [6.45, 7) is 4.03. The van der Waals surface area contributed by atoms with Gasteiger partial charge in [-0.1, -0.05) is 25.4 Å². The van der Waals surface area contributed by atoms with E-state index < -0.39 is 17.8 Å². The first-order chi connectivity index (χ1) is 11.8. The fraction of sp³-hybridized carbons (Fsp3) is 0.471. The van der Waals surface area contributed by atoms with Crippen LogP contribution >= 0.6 is 11.6 Å². The predicted molar refractivity (Wildman–Crippen MR) is 93.5 cm³/mol. The normalized spacial score (nSPS) is 12.4. The number of fused-ring (bicyclic) bond motifs is 1. The van der Waals surface area contributed by atoms with Crippen LogP contribution in [0.4, 0.5) is 0 Å². The van der Waals surface area contributed by atoms with E-state index in [0.29, 0.717) is 22.5 Å². The molecule has 1 aromatic carbocycles. The Morgan fingerprint density at radius 2 is 2.08 bits per heavy atom. The number of amides is 1. The lowest BCUT2D eigenvalue weighted by Crippen LogP contribution is -2.42. The molecule has 0 radical (unpaired) electrons. The first-order valence-corrected chi connectivity index (χ1v) is 8.35. The first-order valence-electron chi connectivity index (χ1n) is 7.98. The third kappa shape index (κ3) is 4.85. The first kappa shape index (κ1) is 19.1. The van der Waals surface area contributed by atoms with Crippen molar-refractivity contribution in [1.82, 2.24) is 9.88 Å². The molecular weight excluding hydrogens is 348 g/mol. The average molecular weight is 369 g/mol. The number of aryl methyl sites for hydroxylation is 1. The maximum Gasteiger partial charge on any atom is 0.419 e. The lowest BCUT2D eigenvalue weighted by atomic mass is 10.0. The summed E-state index contributed by atoms with van der Waals surface area (Å²) in [4.78, 5) is 35.9. The summed E-state index contributed by atoms with van der Waals surface area (Å²) in [7, 11) is 1.28. The Morgan fingerprint density at radius 1 is 1.36 bits per heavy atom. The van der Waals surface area contributed by atoms with Crippen LogP contribution in [0.3, 0.4) is 0 Å². The van der Waals surface area contributed by atoms with Crippen LogP contribution in [0, 0.1) is 5.92 Å². The molecule has 136 valence electrons. The molecule has 0 saturated carbocycles. The Bertz CT molecular complexity index is 824. The molecule has 0 aliphatic heterocycles. The van der Waals surface area contributed by atoms with Gasteiger partial charge in [0, 0.05) is 24.1 Å². The zero-order chi connectivity index (χ0) is 18.6. The average Bonchev–Trinajstić information content (AvgIpc) is 2.85. The van der Waals surface area contributed by atoms with Crippen LogP contribution in [0.1, 0.15) is 26.7 Å². The number of esters is 1. The van der Waals surface area contributed by atoms with E-state index >= 15 is 0 Å². The van der Waals surface area contributed by atoms with E-state index in [0.717, 1.165) is 0 Å². The van der Waals surface area contributed by atoms with Gasteiger partial charge in [0.15, 0.2) is 5.58 Å². The Balaban J connectivity index is 2.05. The van der Waals surface area contributed by atoms with Crippen LogP contribution in [0.25, 0.3) is 11.1 Å². The summed E-state index contributed by atoms with van der Waals surface area (Å²) >= 11 is 5.87. The molecule has 0 saturated heterocycles. The van der Waals surface area contributed by atoms with Crippen molar-refractivity contribution in [1.29, 1.82) is 0 Å². The molecule has 25 heavy (non-hydrogen) atoms. The third-order valence-corrected chi connectivity index (χ3v) is 3.96. The van der Waals surface area contributed by atoms with Crippen molar-refractivity contribution < 1.29 is 18.7 Å². The number of hydrogen-bond acceptors (Lipinski definition) is 5. The number of carbonyl (C=O) groups is 2. The fourth-order valence-electron chi connectivity index (χ4n) is 2.56. The van der Waals surface area contributed by atoms with Crippen LogP contribution in [-0.2, 0) is 20.9 Å². The molecule has 1 heterocycles. The van der Waals surface area contributed by atoms with E-state index in [9.17, 15) is 14.4 Å². The highest BCUT2D eigenvalue weighted by Gasteiger charge is 2.22. The second-order valence-electron chi connectivity index (χ2n) is 6.15. The largest absolute Gasteiger partial charge is 0.467 e. The molecule has 2 aromatic rings. The van der Waals surface area contributed by atoms with Crippen LogP contribution in [0.15, 0.2) is 27.4 Å². The number of nitrogens with one attached hydrogen (secondary N) is 1. The maximum atomic E-state index is 12.2. The quantitative estimate of drug-likeness (QED) is 0.757. The number of benzene rings is 1. The standard InChI is InChI=1S/C17H21ClN2O5/c1-10(2)8-12(16(22)24-3)19-15(21)6-7-20-13-5-4-11(18)9-14(13)25-17(20)23/h4-5,9-10,12H,6-8H2,1-3H3,(H,19,21)/t12-/m0/s1. The number of hydrogen-bond donors (Lipinski definition) is 1. The number of rotatable bonds is 7. The van der Waals surface area contributed by atoms with Gasteiger partial charge in [0.05, 0.1) is 12.6 Å². The molecule has 0 unspecified atom stereocenters. The summed E-state index contributed by atoms with van der Waals surface area (Å²) < 4.78 is 11.2. The van der Waals surface area contributed by atoms with Crippen molar-refractivity contribution in [3.8, 4) is 0 Å². The number of carbonyl (C=O) groups excluding carboxylic acids is 2. The molecular formula is C17H21ClN2O5. The SMILES string of the molecule is COC(=O)[C@H](CC(C)C)NC(=O)CCn1c(=O)oc2cc(Cl)ccc21. The Hall–Kier alpha value is -2.28. The van der Waals surface area contributed by atoms with Crippen molar-refractivity contribution in [2.75, 3.05) is 7.11 Å². The molecule has 0 fully saturated rings. The molecule has 1 aromatic heterocycles. The second kappa shape index (κ2) is 8.20. The molecule has 2 rings (SSSR count). The van der Waals surface area contributed by atoms with E-state index in [2.05, 4.69) is 5.32 Å². The van der Waals surface area contributed by atoms with Gasteiger partial charge < -0.3 is 14.5 Å². The number of aromatic nitrogens is 1. The predicted octanol–water partition coefficient (Wildman–Crippen LogP) is 2.34. The van der Waals surface area contributed by atoms with E-state index in [1.165, 1.54) is 11.7 Å². The van der Waals surface area contributed by atoms with Gasteiger partial charge in [0.25, 0.3) is 0 Å². The van der Waals surface area contributed by atoms with Crippen LogP contribution < -0.4 is 11.1 Å². The molecule has 8 heteroatoms. The Labute approximate surface area is 149 Å². The van der Waals surface area contributed by atoms with Gasteiger partial charge >= 0.3 is 11.7 Å². The summed E-state index contributed by atoms with van der Waals surface area (Å²) in [6, 6.07) is 4.15. The zero-order valence-corrected chi connectivity index (χ0v) is 15.1. The minimum absolute atomic E-state index is 0.0305. The smallest absolute Gasteiger partial charge is 0.419 e. The Kier molecular flexibility index (Phi) is 6.25. The summed E-state index contributed by atoms with van der Waals surface area (Å²) in [6.07, 6.45) is 0.508. The van der Waals surface area contributed by atoms with E-state index in [1.54, 1.807) is 18.2 Å². The molecule has 0 aliphatic carbocycles. The van der Waals surface area contributed by atoms with Crippen LogP contribution in [0.2, 0.25) is 5.02 Å². The van der Waals surface area contributed by atoms with Crippen molar-refractivity contribution in [3.05, 3.63) is 33.8 Å². The number of halogens is 1. The van der Waals surface area contributed by atoms with Gasteiger partial charge in [0.2, 0.25) is 5.91 Å². The van der Waals surface area contributed by atoms with Crippen LogP contribution in [-0.4, -0.2) is 29.6 Å². The third-order valence-electron chi connectivity index (χ3n) is 3.72. The molecule has 1 N–H and O–H groups in total. The summed E-state index contributed by atoms with van der Waals surface area (Å²) in [5.41, 5.74) is 0.930. The minimum Gasteiger partial charge on any atom is -0.467 e. The van der Waals surface area contributed by atoms with E-state index in [1.807, 2.05) is 13.8 Å². The lowest BCUT2D eigenvalue weighted by molar-refractivity contribution is -0.145. The zero-order valence-electron chi connectivity index (χ0n) is 14.4. The molecule has 1 amide bonds. The Morgan fingerprint density at radius 3 is 2.72 bits per heavy atom. The fourth-order valence-corrected chi connectivity index (χ4v) is 2.72. The van der Waals surface area contributed by atoms with Gasteiger partial charge in [0.1, 0.15) is 6.04 Å². The van der Waals surface area contributed by atoms with Gasteiger partial charge in [-0.05, 0) is 24.5 Å². The van der Waals surface area contributed by atoms with E-state index in [-0.39, 0.29) is 24.8 Å². The highest BCUT2D eigenvalue weighted by molar-refractivity contribution is 6.31. The number of ether oxygens (including phenoxy) is 1. The van der Waals surface area contributed by atoms with Crippen molar-refractivity contribution >= 4 is 34.6 Å². The lowest BCUT2D eigenvalue weighted by Gasteiger charge is -2.18. The van der Waals surface area contributed by atoms with Crippen molar-refractivity contribution in [2.24, 2.45) is 5.92 Å². The number of methoxy groups -OCH3 is 1. The molecule has 0 spiro atoms. The number of oxazole rings is 1. The highest BCUT2D eigenvalue weighted by atomic mass is 35.5. The summed E-state index contributed by atoms with van der Waals surface area (Å²) in [5.74, 6) is -1.17.